The van der Waals surface area contributed by atoms with Crippen LogP contribution < -0.4 is 0 Å². The SMILES string of the molecule is O=C(CN(Cc1cccs1)C1CC1)N1CCOC(c2ccc(F)cc2)C1. The van der Waals surface area contributed by atoms with Crippen LogP contribution in [0.5, 0.6) is 0 Å². The molecule has 2 aliphatic rings. The van der Waals surface area contributed by atoms with E-state index in [1.54, 1.807) is 23.5 Å². The summed E-state index contributed by atoms with van der Waals surface area (Å²) in [6, 6.07) is 11.1. The summed E-state index contributed by atoms with van der Waals surface area (Å²) in [6.45, 7) is 2.97. The number of amides is 1. The van der Waals surface area contributed by atoms with Gasteiger partial charge in [0, 0.05) is 24.0 Å². The molecule has 1 saturated heterocycles. The second-order valence-electron chi connectivity index (χ2n) is 6.97. The van der Waals surface area contributed by atoms with Gasteiger partial charge in [0.15, 0.2) is 0 Å². The summed E-state index contributed by atoms with van der Waals surface area (Å²) in [4.78, 5) is 18.4. The lowest BCUT2D eigenvalue weighted by atomic mass is 10.1. The molecular formula is C20H23FN2O2S. The molecule has 2 aromatic rings. The highest BCUT2D eigenvalue weighted by Crippen LogP contribution is 2.29. The third kappa shape index (κ3) is 4.31. The largest absolute Gasteiger partial charge is 0.370 e. The van der Waals surface area contributed by atoms with Crippen LogP contribution in [0.2, 0.25) is 0 Å². The van der Waals surface area contributed by atoms with Gasteiger partial charge in [0.05, 0.1) is 19.7 Å². The van der Waals surface area contributed by atoms with Crippen molar-refractivity contribution in [3.05, 3.63) is 58.0 Å². The average Bonchev–Trinajstić information content (AvgIpc) is 3.39. The van der Waals surface area contributed by atoms with Gasteiger partial charge in [-0.3, -0.25) is 9.69 Å². The van der Waals surface area contributed by atoms with Gasteiger partial charge in [-0.05, 0) is 42.0 Å². The van der Waals surface area contributed by atoms with Crippen molar-refractivity contribution in [1.82, 2.24) is 9.80 Å². The van der Waals surface area contributed by atoms with Gasteiger partial charge in [0.25, 0.3) is 0 Å². The van der Waals surface area contributed by atoms with Crippen LogP contribution in [0, 0.1) is 5.82 Å². The van der Waals surface area contributed by atoms with E-state index in [1.165, 1.54) is 29.9 Å². The number of benzene rings is 1. The normalized spacial score (nSPS) is 20.5. The average molecular weight is 374 g/mol. The van der Waals surface area contributed by atoms with E-state index in [0.29, 0.717) is 32.3 Å². The van der Waals surface area contributed by atoms with E-state index in [0.717, 1.165) is 12.1 Å². The van der Waals surface area contributed by atoms with Gasteiger partial charge in [-0.1, -0.05) is 18.2 Å². The number of rotatable bonds is 6. The standard InChI is InChI=1S/C20H23FN2O2S/c21-16-5-3-15(4-6-16)19-13-22(9-10-25-19)20(24)14-23(17-7-8-17)12-18-2-1-11-26-18/h1-6,11,17,19H,7-10,12-14H2. The Hall–Kier alpha value is -1.76. The molecule has 0 bridgehead atoms. The number of ether oxygens (including phenoxy) is 1. The third-order valence-corrected chi connectivity index (χ3v) is 5.86. The fourth-order valence-electron chi connectivity index (χ4n) is 3.39. The Labute approximate surface area is 157 Å². The Morgan fingerprint density at radius 1 is 1.27 bits per heavy atom. The fourth-order valence-corrected chi connectivity index (χ4v) is 4.11. The van der Waals surface area contributed by atoms with Crippen LogP contribution in [0.3, 0.4) is 0 Å². The number of hydrogen-bond donors (Lipinski definition) is 0. The molecule has 0 spiro atoms. The molecule has 1 saturated carbocycles. The highest BCUT2D eigenvalue weighted by Gasteiger charge is 2.33. The quantitative estimate of drug-likeness (QED) is 0.776. The third-order valence-electron chi connectivity index (χ3n) is 5.00. The Kier molecular flexibility index (Phi) is 5.33. The summed E-state index contributed by atoms with van der Waals surface area (Å²) in [5.41, 5.74) is 0.918. The smallest absolute Gasteiger partial charge is 0.236 e. The van der Waals surface area contributed by atoms with E-state index < -0.39 is 0 Å². The second kappa shape index (κ2) is 7.86. The Bertz CT molecular complexity index is 731. The number of morpholine rings is 1. The summed E-state index contributed by atoms with van der Waals surface area (Å²) in [5, 5.41) is 2.08. The minimum Gasteiger partial charge on any atom is -0.370 e. The summed E-state index contributed by atoms with van der Waals surface area (Å²) >= 11 is 1.74. The number of nitrogens with zero attached hydrogens (tertiary/aromatic N) is 2. The summed E-state index contributed by atoms with van der Waals surface area (Å²) in [6.07, 6.45) is 2.18. The maximum atomic E-state index is 13.1. The number of halogens is 1. The highest BCUT2D eigenvalue weighted by molar-refractivity contribution is 7.09. The van der Waals surface area contributed by atoms with Crippen molar-refractivity contribution >= 4 is 17.2 Å². The van der Waals surface area contributed by atoms with E-state index in [9.17, 15) is 9.18 Å². The van der Waals surface area contributed by atoms with Gasteiger partial charge in [-0.15, -0.1) is 11.3 Å². The van der Waals surface area contributed by atoms with Crippen LogP contribution in [-0.2, 0) is 16.1 Å². The van der Waals surface area contributed by atoms with Crippen molar-refractivity contribution in [3.63, 3.8) is 0 Å². The van der Waals surface area contributed by atoms with Crippen molar-refractivity contribution in [1.29, 1.82) is 0 Å². The van der Waals surface area contributed by atoms with Crippen molar-refractivity contribution in [3.8, 4) is 0 Å². The van der Waals surface area contributed by atoms with Crippen molar-refractivity contribution < 1.29 is 13.9 Å². The first-order valence-electron chi connectivity index (χ1n) is 9.10. The lowest BCUT2D eigenvalue weighted by molar-refractivity contribution is -0.140. The molecule has 0 N–H and O–H groups in total. The van der Waals surface area contributed by atoms with Gasteiger partial charge in [0.1, 0.15) is 11.9 Å². The van der Waals surface area contributed by atoms with Crippen LogP contribution in [0.25, 0.3) is 0 Å². The molecule has 4 rings (SSSR count). The molecule has 26 heavy (non-hydrogen) atoms. The first-order chi connectivity index (χ1) is 12.7. The van der Waals surface area contributed by atoms with Crippen LogP contribution in [-0.4, -0.2) is 48.0 Å². The maximum absolute atomic E-state index is 13.1. The zero-order chi connectivity index (χ0) is 17.9. The molecule has 2 fully saturated rings. The van der Waals surface area contributed by atoms with E-state index in [4.69, 9.17) is 4.74 Å². The minimum absolute atomic E-state index is 0.156. The zero-order valence-corrected chi connectivity index (χ0v) is 15.5. The van der Waals surface area contributed by atoms with Crippen molar-refractivity contribution in [2.24, 2.45) is 0 Å². The highest BCUT2D eigenvalue weighted by atomic mass is 32.1. The molecule has 1 aromatic heterocycles. The molecule has 0 radical (unpaired) electrons. The van der Waals surface area contributed by atoms with Crippen LogP contribution in [0.4, 0.5) is 4.39 Å². The molecule has 1 aromatic carbocycles. The molecule has 1 unspecified atom stereocenters. The first kappa shape index (κ1) is 17.6. The molecule has 1 aliphatic heterocycles. The van der Waals surface area contributed by atoms with E-state index in [2.05, 4.69) is 22.4 Å². The van der Waals surface area contributed by atoms with Crippen molar-refractivity contribution in [2.45, 2.75) is 31.5 Å². The van der Waals surface area contributed by atoms with Crippen LogP contribution >= 0.6 is 11.3 Å². The molecule has 1 amide bonds. The molecule has 1 aliphatic carbocycles. The number of carbonyl (C=O) groups excluding carboxylic acids is 1. The molecule has 6 heteroatoms. The Morgan fingerprint density at radius 3 is 2.77 bits per heavy atom. The van der Waals surface area contributed by atoms with Crippen molar-refractivity contribution in [2.75, 3.05) is 26.2 Å². The zero-order valence-electron chi connectivity index (χ0n) is 14.6. The Morgan fingerprint density at radius 2 is 2.08 bits per heavy atom. The van der Waals surface area contributed by atoms with E-state index in [1.807, 2.05) is 4.90 Å². The number of carbonyl (C=O) groups is 1. The van der Waals surface area contributed by atoms with Crippen LogP contribution in [0.15, 0.2) is 41.8 Å². The molecular weight excluding hydrogens is 351 g/mol. The predicted molar refractivity (Wildman–Crippen MR) is 99.4 cm³/mol. The predicted octanol–water partition coefficient (Wildman–Crippen LogP) is 3.45. The summed E-state index contributed by atoms with van der Waals surface area (Å²) in [7, 11) is 0. The van der Waals surface area contributed by atoms with Gasteiger partial charge >= 0.3 is 0 Å². The summed E-state index contributed by atoms with van der Waals surface area (Å²) < 4.78 is 18.9. The van der Waals surface area contributed by atoms with Gasteiger partial charge < -0.3 is 9.64 Å². The van der Waals surface area contributed by atoms with Gasteiger partial charge in [-0.25, -0.2) is 4.39 Å². The van der Waals surface area contributed by atoms with Gasteiger partial charge in [0.2, 0.25) is 5.91 Å². The topological polar surface area (TPSA) is 32.8 Å². The molecule has 1 atom stereocenters. The number of thiophene rings is 1. The summed E-state index contributed by atoms with van der Waals surface area (Å²) in [5.74, 6) is -0.102. The fraction of sp³-hybridized carbons (Fsp3) is 0.450. The first-order valence-corrected chi connectivity index (χ1v) is 9.98. The lowest BCUT2D eigenvalue weighted by Gasteiger charge is -2.34. The monoisotopic (exact) mass is 374 g/mol. The molecule has 2 heterocycles. The lowest BCUT2D eigenvalue weighted by Crippen LogP contribution is -2.47. The van der Waals surface area contributed by atoms with E-state index >= 15 is 0 Å². The Balaban J connectivity index is 1.37. The van der Waals surface area contributed by atoms with Gasteiger partial charge in [-0.2, -0.15) is 0 Å². The van der Waals surface area contributed by atoms with E-state index in [-0.39, 0.29) is 17.8 Å². The second-order valence-corrected chi connectivity index (χ2v) is 8.00. The number of hydrogen-bond acceptors (Lipinski definition) is 4. The van der Waals surface area contributed by atoms with Crippen LogP contribution in [0.1, 0.15) is 29.4 Å². The molecule has 138 valence electrons. The minimum atomic E-state index is -0.258. The molecule has 4 nitrogen and oxygen atoms in total. The maximum Gasteiger partial charge on any atom is 0.236 e.